The van der Waals surface area contributed by atoms with Crippen molar-refractivity contribution in [3.8, 4) is 5.75 Å². The van der Waals surface area contributed by atoms with E-state index < -0.39 is 0 Å². The van der Waals surface area contributed by atoms with E-state index in [1.807, 2.05) is 23.0 Å². The maximum absolute atomic E-state index is 12.4. The summed E-state index contributed by atoms with van der Waals surface area (Å²) in [5, 5.41) is 10.8. The van der Waals surface area contributed by atoms with Gasteiger partial charge in [0, 0.05) is 19.3 Å². The Morgan fingerprint density at radius 2 is 2.19 bits per heavy atom. The van der Waals surface area contributed by atoms with Crippen LogP contribution in [0.4, 0.5) is 0 Å². The number of ether oxygens (including phenoxy) is 1. The van der Waals surface area contributed by atoms with Crippen LogP contribution in [-0.2, 0) is 6.42 Å². The number of hydrogen-bond acceptors (Lipinski definition) is 4. The van der Waals surface area contributed by atoms with Crippen LogP contribution in [-0.4, -0.2) is 42.4 Å². The molecule has 0 bridgehead atoms. The molecular weight excluding hydrogens is 328 g/mol. The van der Waals surface area contributed by atoms with Gasteiger partial charge in [-0.25, -0.2) is 0 Å². The Labute approximate surface area is 154 Å². The zero-order valence-corrected chi connectivity index (χ0v) is 15.6. The van der Waals surface area contributed by atoms with Crippen LogP contribution < -0.4 is 15.4 Å². The third-order valence-corrected chi connectivity index (χ3v) is 4.84. The van der Waals surface area contributed by atoms with Crippen molar-refractivity contribution in [2.24, 2.45) is 5.92 Å². The van der Waals surface area contributed by atoms with Crippen LogP contribution in [0.25, 0.3) is 0 Å². The van der Waals surface area contributed by atoms with Gasteiger partial charge in [0.2, 0.25) is 0 Å². The average Bonchev–Trinajstić information content (AvgIpc) is 3.18. The molecule has 0 saturated carbocycles. The number of methoxy groups -OCH3 is 1. The first kappa shape index (κ1) is 18.5. The molecule has 1 aliphatic rings. The summed E-state index contributed by atoms with van der Waals surface area (Å²) in [6, 6.07) is 10.2. The van der Waals surface area contributed by atoms with Gasteiger partial charge in [0.05, 0.1) is 13.2 Å². The number of aromatic nitrogens is 2. The molecule has 1 saturated heterocycles. The molecule has 2 unspecified atom stereocenters. The molecule has 6 nitrogen and oxygen atoms in total. The minimum Gasteiger partial charge on any atom is -0.497 e. The van der Waals surface area contributed by atoms with Gasteiger partial charge in [0.15, 0.2) is 0 Å². The molecule has 1 aromatic carbocycles. The second kappa shape index (κ2) is 8.85. The fourth-order valence-corrected chi connectivity index (χ4v) is 3.32. The molecule has 1 fully saturated rings. The number of amides is 1. The first-order chi connectivity index (χ1) is 12.7. The lowest BCUT2D eigenvalue weighted by Crippen LogP contribution is -2.32. The van der Waals surface area contributed by atoms with E-state index in [-0.39, 0.29) is 5.91 Å². The van der Waals surface area contributed by atoms with Crippen molar-refractivity contribution < 1.29 is 9.53 Å². The highest BCUT2D eigenvalue weighted by Crippen LogP contribution is 2.16. The Hall–Kier alpha value is -2.34. The summed E-state index contributed by atoms with van der Waals surface area (Å²) < 4.78 is 7.10. The summed E-state index contributed by atoms with van der Waals surface area (Å²) in [5.74, 6) is 1.10. The number of nitrogens with one attached hydrogen (secondary N) is 2. The molecule has 140 valence electrons. The number of rotatable bonds is 7. The molecular formula is C20H28N4O2. The third kappa shape index (κ3) is 4.85. The fraction of sp³-hybridized carbons (Fsp3) is 0.500. The summed E-state index contributed by atoms with van der Waals surface area (Å²) >= 11 is 0. The Kier molecular flexibility index (Phi) is 6.28. The molecule has 0 spiro atoms. The summed E-state index contributed by atoms with van der Waals surface area (Å²) in [6.45, 7) is 4.75. The summed E-state index contributed by atoms with van der Waals surface area (Å²) in [4.78, 5) is 12.4. The van der Waals surface area contributed by atoms with Crippen LogP contribution in [0, 0.1) is 5.92 Å². The number of piperidine rings is 1. The van der Waals surface area contributed by atoms with Crippen LogP contribution in [0.3, 0.4) is 0 Å². The lowest BCUT2D eigenvalue weighted by molar-refractivity contribution is 0.0941. The minimum absolute atomic E-state index is 0.103. The summed E-state index contributed by atoms with van der Waals surface area (Å²) in [6.07, 6.45) is 5.07. The van der Waals surface area contributed by atoms with Gasteiger partial charge in [-0.05, 0) is 55.5 Å². The van der Waals surface area contributed by atoms with Crippen molar-refractivity contribution in [3.63, 3.8) is 0 Å². The minimum atomic E-state index is -0.103. The van der Waals surface area contributed by atoms with Crippen molar-refractivity contribution in [1.82, 2.24) is 20.4 Å². The lowest BCUT2D eigenvalue weighted by Gasteiger charge is -2.22. The Morgan fingerprint density at radius 1 is 1.38 bits per heavy atom. The number of nitrogens with zero attached hydrogens (tertiary/aromatic N) is 2. The van der Waals surface area contributed by atoms with Gasteiger partial charge < -0.3 is 15.4 Å². The topological polar surface area (TPSA) is 68.2 Å². The monoisotopic (exact) mass is 356 g/mol. The van der Waals surface area contributed by atoms with Crippen LogP contribution in [0.15, 0.2) is 36.5 Å². The fourth-order valence-electron chi connectivity index (χ4n) is 3.32. The van der Waals surface area contributed by atoms with E-state index in [0.717, 1.165) is 38.1 Å². The number of carbonyl (C=O) groups is 1. The maximum atomic E-state index is 12.4. The maximum Gasteiger partial charge on any atom is 0.271 e. The zero-order valence-electron chi connectivity index (χ0n) is 15.6. The highest BCUT2D eigenvalue weighted by molar-refractivity contribution is 5.92. The molecule has 1 amide bonds. The van der Waals surface area contributed by atoms with E-state index in [9.17, 15) is 4.79 Å². The zero-order chi connectivity index (χ0) is 18.4. The highest BCUT2D eigenvalue weighted by atomic mass is 16.5. The smallest absolute Gasteiger partial charge is 0.271 e. The number of benzene rings is 1. The molecule has 2 heterocycles. The molecule has 1 aromatic heterocycles. The average molecular weight is 356 g/mol. The third-order valence-electron chi connectivity index (χ3n) is 4.84. The van der Waals surface area contributed by atoms with Crippen molar-refractivity contribution in [3.05, 3.63) is 47.8 Å². The van der Waals surface area contributed by atoms with Crippen LogP contribution in [0.5, 0.6) is 5.75 Å². The molecule has 0 radical (unpaired) electrons. The predicted molar refractivity (Wildman–Crippen MR) is 102 cm³/mol. The Balaban J connectivity index is 1.47. The molecule has 3 rings (SSSR count). The number of hydrogen-bond donors (Lipinski definition) is 2. The summed E-state index contributed by atoms with van der Waals surface area (Å²) in [5.41, 5.74) is 1.73. The van der Waals surface area contributed by atoms with Crippen molar-refractivity contribution in [2.75, 3.05) is 26.7 Å². The van der Waals surface area contributed by atoms with Crippen LogP contribution >= 0.6 is 0 Å². The van der Waals surface area contributed by atoms with Crippen molar-refractivity contribution in [1.29, 1.82) is 0 Å². The molecule has 26 heavy (non-hydrogen) atoms. The number of carbonyl (C=O) groups excluding carboxylic acids is 1. The van der Waals surface area contributed by atoms with E-state index in [4.69, 9.17) is 4.74 Å². The van der Waals surface area contributed by atoms with Crippen LogP contribution in [0.1, 0.15) is 41.9 Å². The molecule has 2 atom stereocenters. The second-order valence-electron chi connectivity index (χ2n) is 7.05. The van der Waals surface area contributed by atoms with Crippen molar-refractivity contribution in [2.45, 2.75) is 32.2 Å². The molecule has 2 N–H and O–H groups in total. The normalized spacial score (nSPS) is 18.3. The van der Waals surface area contributed by atoms with Gasteiger partial charge in [-0.2, -0.15) is 5.10 Å². The van der Waals surface area contributed by atoms with E-state index in [0.29, 0.717) is 24.2 Å². The molecule has 0 aliphatic carbocycles. The molecule has 1 aliphatic heterocycles. The first-order valence-electron chi connectivity index (χ1n) is 9.32. The molecule has 6 heteroatoms. The lowest BCUT2D eigenvalue weighted by atomic mass is 10.0. The van der Waals surface area contributed by atoms with Gasteiger partial charge in [-0.1, -0.05) is 19.1 Å². The van der Waals surface area contributed by atoms with E-state index in [1.54, 1.807) is 13.2 Å². The van der Waals surface area contributed by atoms with Gasteiger partial charge in [-0.15, -0.1) is 0 Å². The molecule has 2 aromatic rings. The largest absolute Gasteiger partial charge is 0.497 e. The standard InChI is InChI=1S/C20H28N4O2/c1-15(12-16-5-7-18(26-2)8-6-16)13-22-20(25)19-9-11-24(23-19)17-4-3-10-21-14-17/h5-9,11,15,17,21H,3-4,10,12-14H2,1-2H3,(H,22,25). The Morgan fingerprint density at radius 3 is 2.88 bits per heavy atom. The van der Waals surface area contributed by atoms with Gasteiger partial charge >= 0.3 is 0 Å². The summed E-state index contributed by atoms with van der Waals surface area (Å²) in [7, 11) is 1.67. The highest BCUT2D eigenvalue weighted by Gasteiger charge is 2.18. The quantitative estimate of drug-likeness (QED) is 0.799. The SMILES string of the molecule is COc1ccc(CC(C)CNC(=O)c2ccn(C3CCCNC3)n2)cc1. The predicted octanol–water partition coefficient (Wildman–Crippen LogP) is 2.42. The van der Waals surface area contributed by atoms with E-state index in [2.05, 4.69) is 34.8 Å². The second-order valence-corrected chi connectivity index (χ2v) is 7.05. The van der Waals surface area contributed by atoms with Crippen molar-refractivity contribution >= 4 is 5.91 Å². The van der Waals surface area contributed by atoms with E-state index >= 15 is 0 Å². The Bertz CT molecular complexity index is 705. The van der Waals surface area contributed by atoms with Gasteiger partial charge in [0.1, 0.15) is 11.4 Å². The van der Waals surface area contributed by atoms with Crippen LogP contribution in [0.2, 0.25) is 0 Å². The first-order valence-corrected chi connectivity index (χ1v) is 9.32. The van der Waals surface area contributed by atoms with Gasteiger partial charge in [-0.3, -0.25) is 9.48 Å². The van der Waals surface area contributed by atoms with E-state index in [1.165, 1.54) is 5.56 Å². The van der Waals surface area contributed by atoms with Gasteiger partial charge in [0.25, 0.3) is 5.91 Å².